The van der Waals surface area contributed by atoms with Gasteiger partial charge in [-0.1, -0.05) is 0 Å². The predicted octanol–water partition coefficient (Wildman–Crippen LogP) is 2.47. The molecule has 0 amide bonds. The maximum absolute atomic E-state index is 7.56. The van der Waals surface area contributed by atoms with E-state index in [0.717, 1.165) is 0 Å². The number of hydrogen-bond donors (Lipinski definition) is 6. The molecule has 0 aliphatic rings. The monoisotopic (exact) mass is 433 g/mol. The first-order valence-electron chi connectivity index (χ1n) is 6.77. The van der Waals surface area contributed by atoms with Gasteiger partial charge in [-0.2, -0.15) is 0 Å². The fourth-order valence-corrected chi connectivity index (χ4v) is 2.05. The van der Waals surface area contributed by atoms with Gasteiger partial charge < -0.3 is 29.4 Å². The Morgan fingerprint density at radius 3 is 1.14 bits per heavy atom. The van der Waals surface area contributed by atoms with Crippen LogP contribution in [-0.2, 0) is 41.9 Å². The Morgan fingerprint density at radius 2 is 0.905 bits per heavy atom. The van der Waals surface area contributed by atoms with Crippen molar-refractivity contribution in [2.75, 3.05) is 0 Å². The van der Waals surface area contributed by atoms with Crippen LogP contribution in [0.25, 0.3) is 0 Å². The van der Waals surface area contributed by atoms with Gasteiger partial charge in [-0.3, -0.25) is 0 Å². The Hall–Kier alpha value is 1.68. The van der Waals surface area contributed by atoms with Crippen LogP contribution in [0.5, 0.6) is 0 Å². The molecule has 11 heteroatoms. The van der Waals surface area contributed by atoms with Gasteiger partial charge in [0.05, 0.1) is 0 Å². The van der Waals surface area contributed by atoms with Gasteiger partial charge in [0.15, 0.2) is 0 Å². The number of unbranched alkanes of at least 4 members (excludes halogenated alkanes) is 7. The van der Waals surface area contributed by atoms with Gasteiger partial charge in [0.1, 0.15) is 0 Å². The summed E-state index contributed by atoms with van der Waals surface area (Å²) in [5, 5.41) is 1.50. The fourth-order valence-electron chi connectivity index (χ4n) is 1.31. The van der Waals surface area contributed by atoms with Crippen LogP contribution in [0.1, 0.15) is 58.3 Å². The van der Waals surface area contributed by atoms with Crippen molar-refractivity contribution in [1.82, 2.24) is 0 Å². The zero-order chi connectivity index (χ0) is 17.4. The van der Waals surface area contributed by atoms with Gasteiger partial charge in [0.25, 0.3) is 0 Å². The minimum absolute atomic E-state index is 1.38. The van der Waals surface area contributed by atoms with E-state index in [-0.39, 0.29) is 0 Å². The molecule has 0 aliphatic carbocycles. The van der Waals surface area contributed by atoms with Crippen molar-refractivity contribution in [2.45, 2.75) is 63.3 Å². The summed E-state index contributed by atoms with van der Waals surface area (Å²) < 4.78 is 0. The third-order valence-electron chi connectivity index (χ3n) is 2.10. The molecular formula is C10H27O6P2S2Zn. The SMILES string of the molecule is CCCCCCCCC[CH2][Zn].OP(O)(O)=S.OP(O)(O)=S. The molecule has 6 nitrogen and oxygen atoms in total. The van der Waals surface area contributed by atoms with Crippen LogP contribution < -0.4 is 0 Å². The molecule has 0 aromatic rings. The Morgan fingerprint density at radius 1 is 0.667 bits per heavy atom. The van der Waals surface area contributed by atoms with E-state index in [4.69, 9.17) is 29.4 Å². The van der Waals surface area contributed by atoms with Crippen molar-refractivity contribution in [3.05, 3.63) is 0 Å². The molecule has 0 aromatic heterocycles. The molecule has 0 saturated heterocycles. The van der Waals surface area contributed by atoms with Crippen molar-refractivity contribution in [3.8, 4) is 0 Å². The average Bonchev–Trinajstić information content (AvgIpc) is 2.23. The summed E-state index contributed by atoms with van der Waals surface area (Å²) in [6.07, 6.45) is 11.7. The van der Waals surface area contributed by atoms with Crippen LogP contribution in [0, 0.1) is 0 Å². The first kappa shape index (κ1) is 27.5. The summed E-state index contributed by atoms with van der Waals surface area (Å²) in [6.45, 7) is -5.33. The standard InChI is InChI=1S/C10H21.2H3O3PS.Zn/c1-3-5-7-9-10-8-6-4-2;2*1-4(2,3)5;/h1,3-10H2,2H3;2*(H3,1,2,3,5);. The Bertz CT molecular complexity index is 253. The summed E-state index contributed by atoms with van der Waals surface area (Å²) in [5.41, 5.74) is 0. The maximum Gasteiger partial charge on any atom is 0.319 e. The third-order valence-corrected chi connectivity index (χ3v) is 3.15. The van der Waals surface area contributed by atoms with E-state index in [2.05, 4.69) is 30.5 Å². The second-order valence-corrected chi connectivity index (χ2v) is 10.8. The van der Waals surface area contributed by atoms with Crippen LogP contribution in [0.4, 0.5) is 0 Å². The normalized spacial score (nSPS) is 11.1. The molecule has 0 spiro atoms. The third kappa shape index (κ3) is 89.6. The smallest absolute Gasteiger partial charge is 0.319 e. The van der Waals surface area contributed by atoms with Crippen LogP contribution in [-0.4, -0.2) is 29.4 Å². The minimum atomic E-state index is -3.81. The van der Waals surface area contributed by atoms with Crippen molar-refractivity contribution >= 4 is 37.1 Å². The van der Waals surface area contributed by atoms with E-state index in [1.54, 1.807) is 0 Å². The van der Waals surface area contributed by atoms with E-state index in [1.165, 1.54) is 74.7 Å². The summed E-state index contributed by atoms with van der Waals surface area (Å²) in [4.78, 5) is 45.3. The molecule has 0 atom stereocenters. The maximum atomic E-state index is 7.56. The summed E-state index contributed by atoms with van der Waals surface area (Å²) >= 11 is 8.70. The predicted molar refractivity (Wildman–Crippen MR) is 89.3 cm³/mol. The average molecular weight is 435 g/mol. The first-order chi connectivity index (χ1) is 9.41. The van der Waals surface area contributed by atoms with E-state index in [0.29, 0.717) is 0 Å². The molecule has 21 heavy (non-hydrogen) atoms. The van der Waals surface area contributed by atoms with E-state index in [9.17, 15) is 0 Å². The van der Waals surface area contributed by atoms with Crippen molar-refractivity contribution in [2.24, 2.45) is 0 Å². The molecular weight excluding hydrogens is 408 g/mol. The molecule has 6 N–H and O–H groups in total. The van der Waals surface area contributed by atoms with Crippen LogP contribution >= 0.6 is 13.4 Å². The molecule has 0 heterocycles. The summed E-state index contributed by atoms with van der Waals surface area (Å²) in [5.74, 6) is 0. The number of rotatable bonds is 8. The molecule has 0 aromatic carbocycles. The number of hydrogen-bond acceptors (Lipinski definition) is 2. The topological polar surface area (TPSA) is 121 Å². The zero-order valence-corrected chi connectivity index (χ0v) is 18.9. The van der Waals surface area contributed by atoms with Gasteiger partial charge in [-0.05, 0) is 23.6 Å². The molecule has 0 rings (SSSR count). The second kappa shape index (κ2) is 18.0. The minimum Gasteiger partial charge on any atom is -0.325 e. The van der Waals surface area contributed by atoms with Gasteiger partial charge in [-0.15, -0.1) is 0 Å². The van der Waals surface area contributed by atoms with Crippen LogP contribution in [0.3, 0.4) is 0 Å². The van der Waals surface area contributed by atoms with Gasteiger partial charge in [-0.25, -0.2) is 0 Å². The Kier molecular flexibility index (Phi) is 23.6. The molecule has 0 aliphatic heterocycles. The molecule has 0 fully saturated rings. The summed E-state index contributed by atoms with van der Waals surface area (Å²) in [7, 11) is 0. The molecule has 127 valence electrons. The van der Waals surface area contributed by atoms with Gasteiger partial charge in [0.2, 0.25) is 0 Å². The molecule has 0 bridgehead atoms. The zero-order valence-electron chi connectivity index (χ0n) is 12.5. The van der Waals surface area contributed by atoms with E-state index >= 15 is 0 Å². The largest absolute Gasteiger partial charge is 0.325 e. The molecule has 0 radical (unpaired) electrons. The Balaban J connectivity index is -0.000000270. The van der Waals surface area contributed by atoms with Crippen molar-refractivity contribution in [3.63, 3.8) is 0 Å². The van der Waals surface area contributed by atoms with Crippen LogP contribution in [0.15, 0.2) is 0 Å². The van der Waals surface area contributed by atoms with Gasteiger partial charge in [0, 0.05) is 0 Å². The van der Waals surface area contributed by atoms with Crippen molar-refractivity contribution < 1.29 is 47.7 Å². The quantitative estimate of drug-likeness (QED) is 0.196. The van der Waals surface area contributed by atoms with E-state index in [1.807, 2.05) is 0 Å². The first-order valence-corrected chi connectivity index (χ1v) is 14.2. The summed E-state index contributed by atoms with van der Waals surface area (Å²) in [6, 6.07) is 0. The Labute approximate surface area is 147 Å². The molecule has 0 saturated carbocycles. The second-order valence-electron chi connectivity index (χ2n) is 4.35. The van der Waals surface area contributed by atoms with Crippen LogP contribution in [0.2, 0.25) is 5.02 Å². The molecule has 0 unspecified atom stereocenters. The van der Waals surface area contributed by atoms with Gasteiger partial charge >= 0.3 is 95.0 Å². The van der Waals surface area contributed by atoms with E-state index < -0.39 is 13.4 Å². The fraction of sp³-hybridized carbons (Fsp3) is 1.00. The van der Waals surface area contributed by atoms with Crippen molar-refractivity contribution in [1.29, 1.82) is 0 Å².